The molecule has 0 aliphatic heterocycles. The summed E-state index contributed by atoms with van der Waals surface area (Å²) < 4.78 is 39.6. The molecule has 1 atom stereocenters. The second-order valence-corrected chi connectivity index (χ2v) is 6.69. The fourth-order valence-electron chi connectivity index (χ4n) is 1.68. The number of anilines is 1. The Bertz CT molecular complexity index is 737. The molecule has 0 unspecified atom stereocenters. The van der Waals surface area contributed by atoms with Crippen LogP contribution in [0.3, 0.4) is 0 Å². The molecular weight excluding hydrogens is 370 g/mol. The van der Waals surface area contributed by atoms with Crippen LogP contribution in [0.15, 0.2) is 35.2 Å². The average Bonchev–Trinajstić information content (AvgIpc) is 2.51. The molecular formula is C15H10Cl2F3NOS. The van der Waals surface area contributed by atoms with Gasteiger partial charge in [-0.05, 0) is 31.2 Å². The molecule has 0 aliphatic rings. The Kier molecular flexibility index (Phi) is 5.84. The first-order valence-electron chi connectivity index (χ1n) is 6.36. The summed E-state index contributed by atoms with van der Waals surface area (Å²) in [6.07, 6.45) is 0. The summed E-state index contributed by atoms with van der Waals surface area (Å²) in [5.41, 5.74) is -0.438. The van der Waals surface area contributed by atoms with Crippen LogP contribution in [0, 0.1) is 17.5 Å². The molecule has 0 radical (unpaired) electrons. The quantitative estimate of drug-likeness (QED) is 0.558. The van der Waals surface area contributed by atoms with Gasteiger partial charge in [-0.2, -0.15) is 0 Å². The van der Waals surface area contributed by atoms with E-state index in [-0.39, 0.29) is 0 Å². The molecule has 0 aromatic heterocycles. The molecule has 122 valence electrons. The number of halogens is 5. The lowest BCUT2D eigenvalue weighted by molar-refractivity contribution is -0.115. The highest BCUT2D eigenvalue weighted by atomic mass is 35.5. The van der Waals surface area contributed by atoms with E-state index < -0.39 is 34.3 Å². The molecule has 1 amide bonds. The molecule has 0 fully saturated rings. The fraction of sp³-hybridized carbons (Fsp3) is 0.133. The van der Waals surface area contributed by atoms with E-state index in [9.17, 15) is 18.0 Å². The van der Waals surface area contributed by atoms with Crippen LogP contribution in [-0.2, 0) is 4.79 Å². The number of carbonyl (C=O) groups excluding carboxylic acids is 1. The predicted octanol–water partition coefficient (Wildman–Crippen LogP) is 5.53. The van der Waals surface area contributed by atoms with Crippen molar-refractivity contribution in [2.45, 2.75) is 17.1 Å². The Morgan fingerprint density at radius 2 is 1.70 bits per heavy atom. The monoisotopic (exact) mass is 379 g/mol. The molecule has 2 aromatic carbocycles. The fourth-order valence-corrected chi connectivity index (χ4v) is 3.23. The SMILES string of the molecule is C[C@@H](Sc1c(Cl)cccc1Cl)C(=O)Nc1ccc(F)c(F)c1F. The van der Waals surface area contributed by atoms with Gasteiger partial charge in [0, 0.05) is 4.90 Å². The van der Waals surface area contributed by atoms with Crippen LogP contribution in [0.4, 0.5) is 18.9 Å². The van der Waals surface area contributed by atoms with Gasteiger partial charge in [-0.25, -0.2) is 13.2 Å². The lowest BCUT2D eigenvalue weighted by Gasteiger charge is -2.14. The van der Waals surface area contributed by atoms with E-state index >= 15 is 0 Å². The van der Waals surface area contributed by atoms with Crippen LogP contribution in [0.2, 0.25) is 10.0 Å². The molecule has 2 aromatic rings. The molecule has 0 aliphatic carbocycles. The van der Waals surface area contributed by atoms with Gasteiger partial charge in [-0.3, -0.25) is 4.79 Å². The summed E-state index contributed by atoms with van der Waals surface area (Å²) in [5.74, 6) is -5.02. The van der Waals surface area contributed by atoms with Crippen LogP contribution >= 0.6 is 35.0 Å². The van der Waals surface area contributed by atoms with E-state index in [1.165, 1.54) is 0 Å². The summed E-state index contributed by atoms with van der Waals surface area (Å²) in [6, 6.07) is 6.59. The van der Waals surface area contributed by atoms with Crippen molar-refractivity contribution in [1.29, 1.82) is 0 Å². The maximum absolute atomic E-state index is 13.6. The molecule has 2 nitrogen and oxygen atoms in total. The van der Waals surface area contributed by atoms with Gasteiger partial charge in [-0.15, -0.1) is 11.8 Å². The van der Waals surface area contributed by atoms with Crippen molar-refractivity contribution in [2.75, 3.05) is 5.32 Å². The number of hydrogen-bond donors (Lipinski definition) is 1. The minimum atomic E-state index is -1.64. The Morgan fingerprint density at radius 3 is 2.30 bits per heavy atom. The van der Waals surface area contributed by atoms with Crippen LogP contribution in [-0.4, -0.2) is 11.2 Å². The number of thioether (sulfide) groups is 1. The molecule has 0 saturated heterocycles. The third-order valence-corrected chi connectivity index (χ3v) is 4.97. The number of hydrogen-bond acceptors (Lipinski definition) is 2. The van der Waals surface area contributed by atoms with Crippen molar-refractivity contribution in [3.05, 3.63) is 57.8 Å². The lowest BCUT2D eigenvalue weighted by Crippen LogP contribution is -2.23. The molecule has 0 bridgehead atoms. The lowest BCUT2D eigenvalue weighted by atomic mass is 10.2. The maximum atomic E-state index is 13.6. The second kappa shape index (κ2) is 7.47. The first kappa shape index (κ1) is 18.0. The zero-order chi connectivity index (χ0) is 17.1. The van der Waals surface area contributed by atoms with Gasteiger partial charge in [0.25, 0.3) is 0 Å². The smallest absolute Gasteiger partial charge is 0.237 e. The Morgan fingerprint density at radius 1 is 1.09 bits per heavy atom. The Hall–Kier alpha value is -1.37. The van der Waals surface area contributed by atoms with Gasteiger partial charge in [0.15, 0.2) is 17.5 Å². The van der Waals surface area contributed by atoms with E-state index in [1.807, 2.05) is 0 Å². The zero-order valence-corrected chi connectivity index (χ0v) is 14.0. The molecule has 1 N–H and O–H groups in total. The molecule has 0 heterocycles. The van der Waals surface area contributed by atoms with Gasteiger partial charge in [-0.1, -0.05) is 29.3 Å². The molecule has 2 rings (SSSR count). The third-order valence-electron chi connectivity index (χ3n) is 2.88. The topological polar surface area (TPSA) is 29.1 Å². The Balaban J connectivity index is 2.14. The normalized spacial score (nSPS) is 12.1. The minimum Gasteiger partial charge on any atom is -0.323 e. The van der Waals surface area contributed by atoms with Crippen molar-refractivity contribution in [3.63, 3.8) is 0 Å². The van der Waals surface area contributed by atoms with Crippen molar-refractivity contribution in [1.82, 2.24) is 0 Å². The molecule has 0 saturated carbocycles. The first-order valence-corrected chi connectivity index (χ1v) is 8.00. The Labute approximate surface area is 145 Å². The predicted molar refractivity (Wildman–Crippen MR) is 86.7 cm³/mol. The highest BCUT2D eigenvalue weighted by molar-refractivity contribution is 8.00. The van der Waals surface area contributed by atoms with E-state index in [1.54, 1.807) is 25.1 Å². The first-order chi connectivity index (χ1) is 10.8. The molecule has 23 heavy (non-hydrogen) atoms. The van der Waals surface area contributed by atoms with Gasteiger partial charge < -0.3 is 5.32 Å². The zero-order valence-electron chi connectivity index (χ0n) is 11.7. The van der Waals surface area contributed by atoms with Crippen LogP contribution < -0.4 is 5.32 Å². The van der Waals surface area contributed by atoms with Gasteiger partial charge in [0.1, 0.15) is 0 Å². The summed E-state index contributed by atoms with van der Waals surface area (Å²) in [6.45, 7) is 1.55. The number of benzene rings is 2. The highest BCUT2D eigenvalue weighted by Gasteiger charge is 2.21. The average molecular weight is 380 g/mol. The minimum absolute atomic E-state index is 0.376. The van der Waals surface area contributed by atoms with Gasteiger partial charge in [0.05, 0.1) is 21.0 Å². The van der Waals surface area contributed by atoms with Crippen molar-refractivity contribution >= 4 is 46.6 Å². The van der Waals surface area contributed by atoms with Gasteiger partial charge >= 0.3 is 0 Å². The summed E-state index contributed by atoms with van der Waals surface area (Å²) in [4.78, 5) is 12.6. The second-order valence-electron chi connectivity index (χ2n) is 4.52. The van der Waals surface area contributed by atoms with Crippen LogP contribution in [0.25, 0.3) is 0 Å². The summed E-state index contributed by atoms with van der Waals surface area (Å²) >= 11 is 13.1. The number of nitrogens with one attached hydrogen (secondary N) is 1. The van der Waals surface area contributed by atoms with Gasteiger partial charge in [0.2, 0.25) is 5.91 Å². The van der Waals surface area contributed by atoms with Crippen LogP contribution in [0.1, 0.15) is 6.92 Å². The standard InChI is InChI=1S/C15H10Cl2F3NOS/c1-7(23-14-8(16)3-2-4-9(14)17)15(22)21-11-6-5-10(18)12(19)13(11)20/h2-7H,1H3,(H,21,22)/t7-/m1/s1. The maximum Gasteiger partial charge on any atom is 0.237 e. The van der Waals surface area contributed by atoms with Crippen molar-refractivity contribution in [3.8, 4) is 0 Å². The largest absolute Gasteiger partial charge is 0.323 e. The molecule has 0 spiro atoms. The van der Waals surface area contributed by atoms with Crippen molar-refractivity contribution in [2.24, 2.45) is 0 Å². The summed E-state index contributed by atoms with van der Waals surface area (Å²) in [5, 5.41) is 2.27. The van der Waals surface area contributed by atoms with E-state index in [0.29, 0.717) is 14.9 Å². The molecule has 8 heteroatoms. The van der Waals surface area contributed by atoms with E-state index in [2.05, 4.69) is 5.32 Å². The van der Waals surface area contributed by atoms with Crippen molar-refractivity contribution < 1.29 is 18.0 Å². The number of carbonyl (C=O) groups is 1. The van der Waals surface area contributed by atoms with E-state index in [0.717, 1.165) is 23.9 Å². The highest BCUT2D eigenvalue weighted by Crippen LogP contribution is 2.36. The van der Waals surface area contributed by atoms with E-state index in [4.69, 9.17) is 23.2 Å². The third kappa shape index (κ3) is 4.13. The summed E-state index contributed by atoms with van der Waals surface area (Å²) in [7, 11) is 0. The number of rotatable bonds is 4. The number of amides is 1. The van der Waals surface area contributed by atoms with Crippen LogP contribution in [0.5, 0.6) is 0 Å².